The molecule has 1 unspecified atom stereocenters. The van der Waals surface area contributed by atoms with Crippen LogP contribution in [0.2, 0.25) is 0 Å². The Balaban J connectivity index is 2.08. The molecule has 1 heterocycles. The molecule has 1 aromatic carbocycles. The first-order valence-electron chi connectivity index (χ1n) is 6.12. The van der Waals surface area contributed by atoms with Crippen molar-refractivity contribution < 1.29 is 18.3 Å². The molecule has 0 aliphatic rings. The zero-order valence-electron chi connectivity index (χ0n) is 11.2. The van der Waals surface area contributed by atoms with Crippen molar-refractivity contribution in [1.29, 1.82) is 0 Å². The van der Waals surface area contributed by atoms with Gasteiger partial charge in [0.2, 0.25) is 10.0 Å². The number of aromatic amines is 1. The average Bonchev–Trinajstić information content (AvgIpc) is 2.99. The van der Waals surface area contributed by atoms with Crippen molar-refractivity contribution in [2.24, 2.45) is 0 Å². The van der Waals surface area contributed by atoms with E-state index >= 15 is 0 Å². The highest BCUT2D eigenvalue weighted by Crippen LogP contribution is 2.17. The van der Waals surface area contributed by atoms with Gasteiger partial charge in [-0.15, -0.1) is 10.2 Å². The van der Waals surface area contributed by atoms with Gasteiger partial charge in [-0.3, -0.25) is 0 Å². The summed E-state index contributed by atoms with van der Waals surface area (Å²) in [5, 5.41) is 21.7. The van der Waals surface area contributed by atoms with Crippen LogP contribution in [0.15, 0.2) is 29.2 Å². The monoisotopic (exact) mass is 313 g/mol. The zero-order valence-corrected chi connectivity index (χ0v) is 12.0. The molecule has 9 nitrogen and oxygen atoms in total. The third-order valence-corrected chi connectivity index (χ3v) is 4.13. The summed E-state index contributed by atoms with van der Waals surface area (Å²) in [4.78, 5) is 0.0918. The van der Waals surface area contributed by atoms with Crippen LogP contribution in [0.1, 0.15) is 18.8 Å². The summed E-state index contributed by atoms with van der Waals surface area (Å²) in [6.07, 6.45) is 0. The first-order valence-corrected chi connectivity index (χ1v) is 7.60. The summed E-state index contributed by atoms with van der Waals surface area (Å²) in [5.74, 6) is 0.732. The van der Waals surface area contributed by atoms with Gasteiger partial charge in [-0.2, -0.15) is 5.21 Å². The molecule has 3 N–H and O–H groups in total. The lowest BCUT2D eigenvalue weighted by atomic mass is 10.3. The van der Waals surface area contributed by atoms with E-state index in [4.69, 9.17) is 9.84 Å². The summed E-state index contributed by atoms with van der Waals surface area (Å²) in [7, 11) is -3.70. The SMILES string of the molecule is CC(NS(=O)(=O)c1ccc(OCCO)cc1)c1nn[nH]n1. The minimum atomic E-state index is -3.70. The van der Waals surface area contributed by atoms with Gasteiger partial charge in [0.25, 0.3) is 0 Å². The number of rotatable bonds is 7. The number of H-pyrrole nitrogens is 1. The number of aliphatic hydroxyl groups excluding tert-OH is 1. The number of ether oxygens (including phenoxy) is 1. The van der Waals surface area contributed by atoms with Crippen molar-refractivity contribution in [2.45, 2.75) is 17.9 Å². The lowest BCUT2D eigenvalue weighted by molar-refractivity contribution is 0.201. The van der Waals surface area contributed by atoms with E-state index in [2.05, 4.69) is 25.3 Å². The van der Waals surface area contributed by atoms with Crippen LogP contribution in [0.5, 0.6) is 5.75 Å². The van der Waals surface area contributed by atoms with E-state index in [1.807, 2.05) is 0 Å². The molecule has 2 rings (SSSR count). The Bertz CT molecular complexity index is 656. The molecule has 1 aromatic heterocycles. The minimum absolute atomic E-state index is 0.0918. The second kappa shape index (κ2) is 6.61. The number of nitrogens with one attached hydrogen (secondary N) is 2. The maximum atomic E-state index is 12.2. The first-order chi connectivity index (χ1) is 10.0. The molecule has 0 aliphatic heterocycles. The number of tetrazole rings is 1. The number of hydrogen-bond acceptors (Lipinski definition) is 7. The molecule has 21 heavy (non-hydrogen) atoms. The van der Waals surface area contributed by atoms with E-state index in [9.17, 15) is 8.42 Å². The third-order valence-electron chi connectivity index (χ3n) is 2.58. The van der Waals surface area contributed by atoms with E-state index in [1.54, 1.807) is 6.92 Å². The van der Waals surface area contributed by atoms with Crippen LogP contribution in [0.25, 0.3) is 0 Å². The Kier molecular flexibility index (Phi) is 4.83. The molecule has 0 fully saturated rings. The smallest absolute Gasteiger partial charge is 0.241 e. The van der Waals surface area contributed by atoms with Gasteiger partial charge < -0.3 is 9.84 Å². The summed E-state index contributed by atoms with van der Waals surface area (Å²) >= 11 is 0. The van der Waals surface area contributed by atoms with Crippen molar-refractivity contribution in [1.82, 2.24) is 25.3 Å². The Morgan fingerprint density at radius 2 is 2.10 bits per heavy atom. The molecule has 0 saturated heterocycles. The van der Waals surface area contributed by atoms with Gasteiger partial charge >= 0.3 is 0 Å². The molecular formula is C11H15N5O4S. The Morgan fingerprint density at radius 3 is 2.67 bits per heavy atom. The molecule has 0 aliphatic carbocycles. The van der Waals surface area contributed by atoms with E-state index in [-0.39, 0.29) is 23.9 Å². The van der Waals surface area contributed by atoms with Crippen LogP contribution in [0, 0.1) is 0 Å². The normalized spacial score (nSPS) is 13.0. The van der Waals surface area contributed by atoms with Crippen LogP contribution in [-0.4, -0.2) is 47.4 Å². The quantitative estimate of drug-likeness (QED) is 0.634. The standard InChI is InChI=1S/C11H15N5O4S/c1-8(11-12-15-16-13-11)14-21(18,19)10-4-2-9(3-5-10)20-7-6-17/h2-5,8,14,17H,6-7H2,1H3,(H,12,13,15,16). The number of hydrogen-bond donors (Lipinski definition) is 3. The lowest BCUT2D eigenvalue weighted by Crippen LogP contribution is -2.27. The Hall–Kier alpha value is -2.04. The Morgan fingerprint density at radius 1 is 1.38 bits per heavy atom. The van der Waals surface area contributed by atoms with Gasteiger partial charge in [0.1, 0.15) is 12.4 Å². The Labute approximate surface area is 121 Å². The van der Waals surface area contributed by atoms with E-state index in [1.165, 1.54) is 24.3 Å². The van der Waals surface area contributed by atoms with Gasteiger partial charge in [-0.05, 0) is 31.2 Å². The van der Waals surface area contributed by atoms with Crippen LogP contribution in [0.3, 0.4) is 0 Å². The van der Waals surface area contributed by atoms with Crippen molar-refractivity contribution in [3.63, 3.8) is 0 Å². The molecule has 0 amide bonds. The van der Waals surface area contributed by atoms with Gasteiger partial charge in [-0.1, -0.05) is 5.21 Å². The highest BCUT2D eigenvalue weighted by molar-refractivity contribution is 7.89. The van der Waals surface area contributed by atoms with E-state index < -0.39 is 16.1 Å². The van der Waals surface area contributed by atoms with Crippen LogP contribution >= 0.6 is 0 Å². The van der Waals surface area contributed by atoms with Crippen molar-refractivity contribution in [3.05, 3.63) is 30.1 Å². The van der Waals surface area contributed by atoms with E-state index in [0.717, 1.165) is 0 Å². The van der Waals surface area contributed by atoms with E-state index in [0.29, 0.717) is 5.75 Å². The third kappa shape index (κ3) is 3.97. The topological polar surface area (TPSA) is 130 Å². The summed E-state index contributed by atoms with van der Waals surface area (Å²) in [5.41, 5.74) is 0. The van der Waals surface area contributed by atoms with Crippen molar-refractivity contribution in [2.75, 3.05) is 13.2 Å². The molecule has 114 valence electrons. The average molecular weight is 313 g/mol. The van der Waals surface area contributed by atoms with Crippen molar-refractivity contribution >= 4 is 10.0 Å². The maximum Gasteiger partial charge on any atom is 0.241 e. The number of benzene rings is 1. The van der Waals surface area contributed by atoms with Crippen LogP contribution < -0.4 is 9.46 Å². The largest absolute Gasteiger partial charge is 0.491 e. The fourth-order valence-electron chi connectivity index (χ4n) is 1.58. The predicted molar refractivity (Wildman–Crippen MR) is 71.9 cm³/mol. The number of aliphatic hydroxyl groups is 1. The molecule has 0 spiro atoms. The molecule has 2 aromatic rings. The molecular weight excluding hydrogens is 298 g/mol. The fourth-order valence-corrected chi connectivity index (χ4v) is 2.79. The minimum Gasteiger partial charge on any atom is -0.491 e. The zero-order chi connectivity index (χ0) is 15.3. The predicted octanol–water partition coefficient (Wildman–Crippen LogP) is -0.390. The van der Waals surface area contributed by atoms with Gasteiger partial charge in [0.05, 0.1) is 17.5 Å². The van der Waals surface area contributed by atoms with Crippen molar-refractivity contribution in [3.8, 4) is 5.75 Å². The summed E-state index contributed by atoms with van der Waals surface area (Å²) in [6, 6.07) is 5.25. The first kappa shape index (κ1) is 15.4. The maximum absolute atomic E-state index is 12.2. The molecule has 0 saturated carbocycles. The molecule has 10 heteroatoms. The number of sulfonamides is 1. The van der Waals surface area contributed by atoms with Gasteiger partial charge in [0.15, 0.2) is 5.82 Å². The fraction of sp³-hybridized carbons (Fsp3) is 0.364. The molecule has 0 bridgehead atoms. The van der Waals surface area contributed by atoms with Gasteiger partial charge in [0, 0.05) is 0 Å². The number of nitrogens with zero attached hydrogens (tertiary/aromatic N) is 3. The summed E-state index contributed by atoms with van der Waals surface area (Å²) < 4.78 is 32.0. The summed E-state index contributed by atoms with van der Waals surface area (Å²) in [6.45, 7) is 1.66. The number of aromatic nitrogens is 4. The second-order valence-corrected chi connectivity index (χ2v) is 5.87. The van der Waals surface area contributed by atoms with Gasteiger partial charge in [-0.25, -0.2) is 13.1 Å². The second-order valence-electron chi connectivity index (χ2n) is 4.16. The molecule has 1 atom stereocenters. The van der Waals surface area contributed by atoms with Crippen LogP contribution in [-0.2, 0) is 10.0 Å². The highest BCUT2D eigenvalue weighted by atomic mass is 32.2. The molecule has 0 radical (unpaired) electrons. The lowest BCUT2D eigenvalue weighted by Gasteiger charge is -2.11. The van der Waals surface area contributed by atoms with Crippen LogP contribution in [0.4, 0.5) is 0 Å². The highest BCUT2D eigenvalue weighted by Gasteiger charge is 2.20.